The third-order valence-corrected chi connectivity index (χ3v) is 6.13. The molecule has 3 aromatic heterocycles. The van der Waals surface area contributed by atoms with Gasteiger partial charge in [-0.15, -0.1) is 10.2 Å². The molecule has 2 aromatic carbocycles. The summed E-state index contributed by atoms with van der Waals surface area (Å²) in [6.07, 6.45) is -2.14. The molecule has 2 N–H and O–H groups in total. The number of hydrogen-bond acceptors (Lipinski definition) is 8. The zero-order valence-corrected chi connectivity index (χ0v) is 19.4. The molecule has 0 saturated heterocycles. The number of alkyl halides is 3. The lowest BCUT2D eigenvalue weighted by Crippen LogP contribution is -2.14. The molecule has 5 rings (SSSR count). The highest BCUT2D eigenvalue weighted by atomic mass is 32.2. The third-order valence-electron chi connectivity index (χ3n) is 5.28. The molecule has 12 nitrogen and oxygen atoms in total. The minimum absolute atomic E-state index is 0.0667. The summed E-state index contributed by atoms with van der Waals surface area (Å²) in [5, 5.41) is 24.7. The van der Waals surface area contributed by atoms with Crippen LogP contribution in [-0.4, -0.2) is 54.0 Å². The highest BCUT2D eigenvalue weighted by Crippen LogP contribution is 2.34. The van der Waals surface area contributed by atoms with Crippen LogP contribution in [-0.2, 0) is 16.3 Å². The van der Waals surface area contributed by atoms with Crippen LogP contribution < -0.4 is 0 Å². The molecule has 5 aromatic rings. The van der Waals surface area contributed by atoms with Crippen LogP contribution in [0.15, 0.2) is 76.3 Å². The van der Waals surface area contributed by atoms with E-state index in [1.807, 2.05) is 0 Å². The summed E-state index contributed by atoms with van der Waals surface area (Å²) >= 11 is 0. The van der Waals surface area contributed by atoms with Gasteiger partial charge in [0, 0.05) is 0 Å². The van der Waals surface area contributed by atoms with Crippen molar-refractivity contribution in [1.29, 1.82) is 0 Å². The monoisotopic (exact) mass is 546 g/mol. The minimum Gasteiger partial charge on any atom is -0.478 e. The molecule has 16 heteroatoms. The van der Waals surface area contributed by atoms with Crippen molar-refractivity contribution in [2.24, 2.45) is 0 Å². The molecule has 0 radical (unpaired) electrons. The molecule has 194 valence electrons. The van der Waals surface area contributed by atoms with Crippen molar-refractivity contribution in [2.45, 2.75) is 11.1 Å². The van der Waals surface area contributed by atoms with Crippen LogP contribution in [0.1, 0.15) is 15.9 Å². The summed E-state index contributed by atoms with van der Waals surface area (Å²) in [5.74, 6) is -1.27. The van der Waals surface area contributed by atoms with Gasteiger partial charge in [0.2, 0.25) is 0 Å². The number of rotatable bonds is 6. The summed E-state index contributed by atoms with van der Waals surface area (Å²) in [4.78, 5) is 10.8. The molecule has 0 fully saturated rings. The predicted molar refractivity (Wildman–Crippen MR) is 121 cm³/mol. The first kappa shape index (κ1) is 24.8. The highest BCUT2D eigenvalue weighted by Gasteiger charge is 2.35. The third kappa shape index (κ3) is 4.76. The molecule has 0 atom stereocenters. The Morgan fingerprint density at radius 3 is 1.97 bits per heavy atom. The molecule has 0 aliphatic heterocycles. The topological polar surface area (TPSA) is 166 Å². The summed E-state index contributed by atoms with van der Waals surface area (Å²) in [5.41, 5.74) is -1.55. The van der Waals surface area contributed by atoms with Gasteiger partial charge in [0.15, 0.2) is 11.5 Å². The Balaban J connectivity index is 1.41. The normalized spacial score (nSPS) is 12.1. The Morgan fingerprint density at radius 2 is 1.45 bits per heavy atom. The number of hydrogen-bond donors (Lipinski definition) is 2. The summed E-state index contributed by atoms with van der Waals surface area (Å²) < 4.78 is 80.1. The van der Waals surface area contributed by atoms with Gasteiger partial charge in [0.05, 0.1) is 39.8 Å². The number of carboxylic acids is 1. The Morgan fingerprint density at radius 1 is 0.868 bits per heavy atom. The van der Waals surface area contributed by atoms with Crippen LogP contribution in [0.25, 0.3) is 34.3 Å². The van der Waals surface area contributed by atoms with Crippen molar-refractivity contribution in [2.75, 3.05) is 0 Å². The van der Waals surface area contributed by atoms with Crippen molar-refractivity contribution in [3.63, 3.8) is 0 Å². The van der Waals surface area contributed by atoms with Gasteiger partial charge < -0.3 is 9.52 Å². The van der Waals surface area contributed by atoms with Gasteiger partial charge in [-0.1, -0.05) is 16.5 Å². The minimum atomic E-state index is -4.89. The second-order valence-electron chi connectivity index (χ2n) is 7.77. The molecular formula is C22H13F3N6O6S. The molecule has 0 unspecified atom stereocenters. The Kier molecular flexibility index (Phi) is 5.84. The largest absolute Gasteiger partial charge is 0.478 e. The van der Waals surface area contributed by atoms with Crippen molar-refractivity contribution >= 4 is 16.1 Å². The van der Waals surface area contributed by atoms with Crippen LogP contribution >= 0.6 is 0 Å². The fraction of sp³-hybridized carbons (Fsp3) is 0.0455. The first-order chi connectivity index (χ1) is 17.9. The van der Waals surface area contributed by atoms with Gasteiger partial charge in [-0.2, -0.15) is 21.6 Å². The quantitative estimate of drug-likeness (QED) is 0.300. The van der Waals surface area contributed by atoms with Crippen molar-refractivity contribution in [3.05, 3.63) is 78.1 Å². The number of aromatic nitrogens is 6. The lowest BCUT2D eigenvalue weighted by atomic mass is 10.1. The fourth-order valence-corrected chi connectivity index (χ4v) is 4.02. The SMILES string of the molecule is O=C(O)c1ccc(-n2cc(-c3ccc(-c4cn(-c5cccc(S(=O)(=O)O)c5)nn4)o3)nn2)cc1C(F)(F)F. The molecule has 0 aliphatic carbocycles. The maximum Gasteiger partial charge on any atom is 0.417 e. The van der Waals surface area contributed by atoms with Crippen molar-refractivity contribution < 1.29 is 40.5 Å². The van der Waals surface area contributed by atoms with Gasteiger partial charge in [-0.05, 0) is 48.5 Å². The maximum absolute atomic E-state index is 13.3. The molecule has 38 heavy (non-hydrogen) atoms. The Bertz CT molecular complexity index is 1790. The van der Waals surface area contributed by atoms with E-state index in [-0.39, 0.29) is 33.5 Å². The zero-order valence-electron chi connectivity index (χ0n) is 18.6. The van der Waals surface area contributed by atoms with Crippen LogP contribution in [0.2, 0.25) is 0 Å². The predicted octanol–water partition coefficient (Wildman–Crippen LogP) is 3.74. The summed E-state index contributed by atoms with van der Waals surface area (Å²) in [6.45, 7) is 0. The maximum atomic E-state index is 13.3. The first-order valence-corrected chi connectivity index (χ1v) is 11.8. The first-order valence-electron chi connectivity index (χ1n) is 10.4. The number of aromatic carboxylic acids is 1. The van der Waals surface area contributed by atoms with Crippen molar-refractivity contribution in [3.8, 4) is 34.3 Å². The standard InChI is InChI=1S/C22H13F3N6O6S/c23-22(24,25)16-9-13(4-5-15(16)21(32)33)31-11-18(27-29-31)20-7-6-19(37-20)17-10-30(28-26-17)12-2-1-3-14(8-12)38(34,35)36/h1-11H,(H,32,33)(H,34,35,36). The van der Waals surface area contributed by atoms with Crippen molar-refractivity contribution in [1.82, 2.24) is 30.0 Å². The number of carbonyl (C=O) groups is 1. The van der Waals surface area contributed by atoms with Gasteiger partial charge in [0.25, 0.3) is 10.1 Å². The second kappa shape index (κ2) is 8.93. The van der Waals surface area contributed by atoms with Gasteiger partial charge >= 0.3 is 12.1 Å². The highest BCUT2D eigenvalue weighted by molar-refractivity contribution is 7.85. The van der Waals surface area contributed by atoms with Crippen LogP contribution in [0.4, 0.5) is 13.2 Å². The molecule has 0 saturated carbocycles. The van der Waals surface area contributed by atoms with Crippen LogP contribution in [0.5, 0.6) is 0 Å². The Hall–Kier alpha value is -4.83. The lowest BCUT2D eigenvalue weighted by molar-refractivity contribution is -0.138. The number of furan rings is 1. The smallest absolute Gasteiger partial charge is 0.417 e. The van der Waals surface area contributed by atoms with E-state index in [0.29, 0.717) is 11.8 Å². The van der Waals surface area contributed by atoms with E-state index < -0.39 is 33.4 Å². The van der Waals surface area contributed by atoms with Gasteiger partial charge in [-0.25, -0.2) is 14.2 Å². The van der Waals surface area contributed by atoms with E-state index in [2.05, 4.69) is 20.6 Å². The van der Waals surface area contributed by atoms with Crippen LogP contribution in [0, 0.1) is 0 Å². The average molecular weight is 546 g/mol. The van der Waals surface area contributed by atoms with Gasteiger partial charge in [-0.3, -0.25) is 4.55 Å². The number of benzene rings is 2. The molecule has 0 aliphatic rings. The number of nitrogens with zero attached hydrogens (tertiary/aromatic N) is 6. The van der Waals surface area contributed by atoms with Crippen LogP contribution in [0.3, 0.4) is 0 Å². The van der Waals surface area contributed by atoms with E-state index in [9.17, 15) is 30.9 Å². The molecule has 0 amide bonds. The molecule has 0 spiro atoms. The second-order valence-corrected chi connectivity index (χ2v) is 9.19. The van der Waals surface area contributed by atoms with Gasteiger partial charge in [0.1, 0.15) is 11.4 Å². The molecular weight excluding hydrogens is 533 g/mol. The van der Waals surface area contributed by atoms with E-state index >= 15 is 0 Å². The van der Waals surface area contributed by atoms with E-state index in [1.54, 1.807) is 12.1 Å². The molecule has 3 heterocycles. The fourth-order valence-electron chi connectivity index (χ4n) is 3.50. The number of halogens is 3. The zero-order chi connectivity index (χ0) is 27.2. The average Bonchev–Trinajstić information content (AvgIpc) is 3.63. The Labute approximate surface area is 210 Å². The summed E-state index contributed by atoms with van der Waals surface area (Å²) in [6, 6.07) is 11.1. The molecule has 0 bridgehead atoms. The van der Waals surface area contributed by atoms with E-state index in [1.165, 1.54) is 47.4 Å². The summed E-state index contributed by atoms with van der Waals surface area (Å²) in [7, 11) is -4.42. The lowest BCUT2D eigenvalue weighted by Gasteiger charge is -2.11. The van der Waals surface area contributed by atoms with E-state index in [4.69, 9.17) is 9.52 Å². The number of carboxylic acid groups (broad SMARTS) is 1. The van der Waals surface area contributed by atoms with E-state index in [0.717, 1.165) is 10.7 Å².